The number of carbonyl (C=O) groups is 3. The highest BCUT2D eigenvalue weighted by molar-refractivity contribution is 6.48. The first-order valence-corrected chi connectivity index (χ1v) is 17.8. The summed E-state index contributed by atoms with van der Waals surface area (Å²) >= 11 is 0. The van der Waals surface area contributed by atoms with Gasteiger partial charge in [-0.2, -0.15) is 0 Å². The Morgan fingerprint density at radius 2 is 1.67 bits per heavy atom. The number of likely N-dealkylation sites (tertiary alicyclic amines) is 1. The fraction of sp³-hybridized carbons (Fsp3) is 0.605. The Kier molecular flexibility index (Phi) is 9.71. The Morgan fingerprint density at radius 3 is 2.31 bits per heavy atom. The molecule has 9 nitrogen and oxygen atoms in total. The van der Waals surface area contributed by atoms with Crippen molar-refractivity contribution in [1.82, 2.24) is 15.5 Å². The van der Waals surface area contributed by atoms with Gasteiger partial charge in [0.1, 0.15) is 18.7 Å². The van der Waals surface area contributed by atoms with Gasteiger partial charge in [-0.3, -0.25) is 9.59 Å². The van der Waals surface area contributed by atoms with Gasteiger partial charge in [0.2, 0.25) is 11.8 Å². The number of amides is 3. The molecule has 3 unspecified atom stereocenters. The van der Waals surface area contributed by atoms with Gasteiger partial charge in [-0.1, -0.05) is 95.3 Å². The molecule has 2 aromatic carbocycles. The Hall–Kier alpha value is -3.37. The van der Waals surface area contributed by atoms with Crippen LogP contribution in [0.2, 0.25) is 0 Å². The van der Waals surface area contributed by atoms with E-state index in [0.29, 0.717) is 31.2 Å². The van der Waals surface area contributed by atoms with E-state index in [0.717, 1.165) is 30.4 Å². The number of ether oxygens (including phenoxy) is 1. The van der Waals surface area contributed by atoms with Crippen LogP contribution >= 0.6 is 0 Å². The third kappa shape index (κ3) is 6.62. The number of nitrogens with zero attached hydrogens (tertiary/aromatic N) is 1. The molecule has 2 bridgehead atoms. The summed E-state index contributed by atoms with van der Waals surface area (Å²) in [7, 11) is -0.577. The fourth-order valence-corrected chi connectivity index (χ4v) is 8.60. The third-order valence-corrected chi connectivity index (χ3v) is 12.2. The van der Waals surface area contributed by atoms with Crippen LogP contribution in [-0.2, 0) is 36.7 Å². The second kappa shape index (κ2) is 13.5. The Morgan fingerprint density at radius 1 is 1.00 bits per heavy atom. The normalized spacial score (nSPS) is 28.5. The predicted molar refractivity (Wildman–Crippen MR) is 185 cm³/mol. The van der Waals surface area contributed by atoms with E-state index in [2.05, 4.69) is 52.2 Å². The van der Waals surface area contributed by atoms with Crippen LogP contribution in [0.4, 0.5) is 4.79 Å². The lowest BCUT2D eigenvalue weighted by molar-refractivity contribution is -0.199. The average molecular weight is 658 g/mol. The van der Waals surface area contributed by atoms with Crippen molar-refractivity contribution in [2.24, 2.45) is 22.7 Å². The quantitative estimate of drug-likeness (QED) is 0.301. The summed E-state index contributed by atoms with van der Waals surface area (Å²) in [5, 5.41) is 6.14. The number of alkyl carbamates (subject to hydrolysis) is 1. The minimum atomic E-state index is -0.897. The molecule has 3 saturated carbocycles. The lowest BCUT2D eigenvalue weighted by Gasteiger charge is -2.64. The van der Waals surface area contributed by atoms with Crippen LogP contribution in [-0.4, -0.2) is 66.2 Å². The van der Waals surface area contributed by atoms with Gasteiger partial charge in [0.25, 0.3) is 0 Å². The van der Waals surface area contributed by atoms with Crippen molar-refractivity contribution in [2.75, 3.05) is 6.54 Å². The highest BCUT2D eigenvalue weighted by atomic mass is 16.7. The molecule has 2 aromatic rings. The van der Waals surface area contributed by atoms with Crippen molar-refractivity contribution in [2.45, 2.75) is 116 Å². The van der Waals surface area contributed by atoms with E-state index >= 15 is 0 Å². The van der Waals surface area contributed by atoms with Gasteiger partial charge in [-0.05, 0) is 72.8 Å². The molecule has 7 rings (SSSR count). The summed E-state index contributed by atoms with van der Waals surface area (Å²) in [6.45, 7) is 13.8. The van der Waals surface area contributed by atoms with Gasteiger partial charge in [0.05, 0.1) is 17.6 Å². The van der Waals surface area contributed by atoms with E-state index in [1.54, 1.807) is 4.90 Å². The van der Waals surface area contributed by atoms with Crippen LogP contribution in [0, 0.1) is 22.7 Å². The maximum Gasteiger partial charge on any atom is 0.482 e. The lowest BCUT2D eigenvalue weighted by Crippen LogP contribution is -2.65. The van der Waals surface area contributed by atoms with Crippen LogP contribution in [0.15, 0.2) is 60.7 Å². The number of rotatable bonds is 11. The molecule has 3 amide bonds. The van der Waals surface area contributed by atoms with Gasteiger partial charge in [0.15, 0.2) is 0 Å². The first kappa shape index (κ1) is 34.5. The van der Waals surface area contributed by atoms with Gasteiger partial charge in [0, 0.05) is 13.0 Å². The van der Waals surface area contributed by atoms with E-state index in [1.807, 2.05) is 60.7 Å². The van der Waals surface area contributed by atoms with Crippen molar-refractivity contribution in [3.8, 4) is 0 Å². The van der Waals surface area contributed by atoms with Crippen molar-refractivity contribution in [1.29, 1.82) is 0 Å². The number of hydrogen-bond acceptors (Lipinski definition) is 6. The highest BCUT2D eigenvalue weighted by Crippen LogP contribution is 2.66. The molecular formula is C38H52BN3O6. The van der Waals surface area contributed by atoms with Crippen molar-refractivity contribution < 1.29 is 28.4 Å². The zero-order valence-corrected chi connectivity index (χ0v) is 29.4. The second-order valence-electron chi connectivity index (χ2n) is 15.8. The largest absolute Gasteiger partial charge is 0.482 e. The highest BCUT2D eigenvalue weighted by Gasteiger charge is 2.69. The maximum atomic E-state index is 14.2. The van der Waals surface area contributed by atoms with Gasteiger partial charge >= 0.3 is 13.2 Å². The molecule has 0 spiro atoms. The monoisotopic (exact) mass is 657 g/mol. The van der Waals surface area contributed by atoms with Crippen LogP contribution in [0.25, 0.3) is 0 Å². The Labute approximate surface area is 286 Å². The van der Waals surface area contributed by atoms with E-state index in [9.17, 15) is 14.4 Å². The topological polar surface area (TPSA) is 106 Å². The molecular weight excluding hydrogens is 605 g/mol. The molecule has 7 atom stereocenters. The zero-order valence-electron chi connectivity index (χ0n) is 29.4. The number of carbonyl (C=O) groups excluding carboxylic acids is 3. The summed E-state index contributed by atoms with van der Waals surface area (Å²) in [6, 6.07) is 17.4. The lowest BCUT2D eigenvalue weighted by atomic mass is 9.43. The third-order valence-electron chi connectivity index (χ3n) is 12.2. The molecule has 2 heterocycles. The molecule has 0 radical (unpaired) electrons. The minimum Gasteiger partial charge on any atom is -0.445 e. The van der Waals surface area contributed by atoms with Crippen molar-refractivity contribution in [3.63, 3.8) is 0 Å². The summed E-state index contributed by atoms with van der Waals surface area (Å²) in [4.78, 5) is 43.0. The molecule has 0 aromatic heterocycles. The SMILES string of the molecule is CCC(C)(C)C(NC(=O)[C@@H]1CCCN1C(=O)[C@H](Cc1ccccc1)NC(=O)OCc1ccccc1)B1O[C@@H]2CC3CC(C3(C)C)[C@]2(C)O1. The molecule has 5 aliphatic rings. The molecule has 258 valence electrons. The number of benzene rings is 2. The van der Waals surface area contributed by atoms with Crippen molar-refractivity contribution in [3.05, 3.63) is 71.8 Å². The minimum absolute atomic E-state index is 0.00218. The van der Waals surface area contributed by atoms with E-state index in [-0.39, 0.29) is 41.8 Å². The summed E-state index contributed by atoms with van der Waals surface area (Å²) in [5.74, 6) is 0.127. The number of nitrogens with one attached hydrogen (secondary N) is 2. The number of hydrogen-bond donors (Lipinski definition) is 2. The maximum absolute atomic E-state index is 14.2. The average Bonchev–Trinajstić information content (AvgIpc) is 3.71. The van der Waals surface area contributed by atoms with Gasteiger partial charge in [-0.15, -0.1) is 0 Å². The van der Waals surface area contributed by atoms with Crippen LogP contribution in [0.5, 0.6) is 0 Å². The smallest absolute Gasteiger partial charge is 0.445 e. The molecule has 48 heavy (non-hydrogen) atoms. The first-order valence-electron chi connectivity index (χ1n) is 17.8. The molecule has 2 aliphatic heterocycles. The summed E-state index contributed by atoms with van der Waals surface area (Å²) in [5.41, 5.74) is 1.25. The summed E-state index contributed by atoms with van der Waals surface area (Å²) < 4.78 is 19.0. The van der Waals surface area contributed by atoms with Gasteiger partial charge < -0.3 is 29.6 Å². The predicted octanol–water partition coefficient (Wildman–Crippen LogP) is 5.70. The summed E-state index contributed by atoms with van der Waals surface area (Å²) in [6.07, 6.45) is 3.77. The van der Waals surface area contributed by atoms with Gasteiger partial charge in [-0.25, -0.2) is 4.79 Å². The Balaban J connectivity index is 1.16. The fourth-order valence-electron chi connectivity index (χ4n) is 8.60. The first-order chi connectivity index (χ1) is 22.8. The molecule has 5 fully saturated rings. The second-order valence-corrected chi connectivity index (χ2v) is 15.8. The van der Waals surface area contributed by atoms with Crippen LogP contribution < -0.4 is 10.6 Å². The van der Waals surface area contributed by atoms with E-state index in [1.165, 1.54) is 0 Å². The van der Waals surface area contributed by atoms with Crippen molar-refractivity contribution >= 4 is 25.0 Å². The molecule has 2 saturated heterocycles. The molecule has 3 aliphatic carbocycles. The Bertz CT molecular complexity index is 1470. The van der Waals surface area contributed by atoms with E-state index < -0.39 is 36.8 Å². The molecule has 10 heteroatoms. The van der Waals surface area contributed by atoms with E-state index in [4.69, 9.17) is 14.0 Å². The zero-order chi connectivity index (χ0) is 34.3. The molecule has 2 N–H and O–H groups in total. The van der Waals surface area contributed by atoms with Crippen LogP contribution in [0.3, 0.4) is 0 Å². The van der Waals surface area contributed by atoms with Crippen LogP contribution in [0.1, 0.15) is 84.8 Å². The standard InChI is InChI=1S/C38H52BN3O6/c1-7-36(2,3)34(39-47-31-23-27-22-30(37(27,4)5)38(31,6)48-39)41-32(43)29-19-14-20-42(29)33(44)28(21-25-15-10-8-11-16-25)40-35(45)46-24-26-17-12-9-13-18-26/h8-13,15-18,27-31,34H,7,14,19-24H2,1-6H3,(H,40,45)(H,41,43)/t27?,28-,29-,30?,31+,34?,38-/m0/s1.